The Morgan fingerprint density at radius 1 is 1.30 bits per heavy atom. The number of carbonyl (C=O) groups excluding carboxylic acids is 2. The minimum Gasteiger partial charge on any atom is -0.357 e. The Bertz CT molecular complexity index is 961. The van der Waals surface area contributed by atoms with Gasteiger partial charge >= 0.3 is 0 Å². The molecule has 1 atom stereocenters. The van der Waals surface area contributed by atoms with Crippen molar-refractivity contribution in [3.05, 3.63) is 41.0 Å². The molecule has 7 nitrogen and oxygen atoms in total. The summed E-state index contributed by atoms with van der Waals surface area (Å²) in [5.41, 5.74) is 1.61. The fourth-order valence-electron chi connectivity index (χ4n) is 3.68. The molecule has 3 N–H and O–H groups in total. The van der Waals surface area contributed by atoms with Gasteiger partial charge in [0.1, 0.15) is 17.7 Å². The van der Waals surface area contributed by atoms with Crippen molar-refractivity contribution in [2.45, 2.75) is 53.2 Å². The zero-order chi connectivity index (χ0) is 22.1. The SMILES string of the molecule is CNC(=O)[C@@H](NC(=O)c1nc(-c2ccc(C)cc2F)n2c1CNCCC2)C(C)(C)C. The van der Waals surface area contributed by atoms with E-state index in [1.165, 1.54) is 13.1 Å². The number of nitrogens with one attached hydrogen (secondary N) is 3. The Kier molecular flexibility index (Phi) is 6.26. The molecule has 2 aromatic rings. The highest BCUT2D eigenvalue weighted by atomic mass is 19.1. The average molecular weight is 416 g/mol. The number of amides is 2. The van der Waals surface area contributed by atoms with E-state index in [1.54, 1.807) is 6.07 Å². The molecule has 1 aromatic heterocycles. The maximum atomic E-state index is 14.7. The number of imidazole rings is 1. The summed E-state index contributed by atoms with van der Waals surface area (Å²) in [6, 6.07) is 4.26. The predicted molar refractivity (Wildman–Crippen MR) is 113 cm³/mol. The number of fused-ring (bicyclic) bond motifs is 1. The van der Waals surface area contributed by atoms with Crippen LogP contribution in [0.2, 0.25) is 0 Å². The molecule has 2 amide bonds. The van der Waals surface area contributed by atoms with Crippen molar-refractivity contribution < 1.29 is 14.0 Å². The van der Waals surface area contributed by atoms with Gasteiger partial charge in [0.15, 0.2) is 5.69 Å². The summed E-state index contributed by atoms with van der Waals surface area (Å²) in [7, 11) is 1.54. The lowest BCUT2D eigenvalue weighted by Crippen LogP contribution is -2.53. The molecule has 0 saturated carbocycles. The molecule has 30 heavy (non-hydrogen) atoms. The van der Waals surface area contributed by atoms with Gasteiger partial charge in [-0.2, -0.15) is 0 Å². The maximum Gasteiger partial charge on any atom is 0.272 e. The second-order valence-corrected chi connectivity index (χ2v) is 8.78. The monoisotopic (exact) mass is 415 g/mol. The van der Waals surface area contributed by atoms with Crippen LogP contribution in [0.3, 0.4) is 0 Å². The molecule has 0 fully saturated rings. The van der Waals surface area contributed by atoms with Crippen LogP contribution >= 0.6 is 0 Å². The summed E-state index contributed by atoms with van der Waals surface area (Å²) >= 11 is 0. The molecule has 3 rings (SSSR count). The molecule has 162 valence electrons. The van der Waals surface area contributed by atoms with Crippen LogP contribution in [0.1, 0.15) is 48.9 Å². The molecule has 0 saturated heterocycles. The van der Waals surface area contributed by atoms with Crippen molar-refractivity contribution in [2.75, 3.05) is 13.6 Å². The Balaban J connectivity index is 2.05. The van der Waals surface area contributed by atoms with Gasteiger partial charge in [-0.15, -0.1) is 0 Å². The number of carbonyl (C=O) groups is 2. The zero-order valence-corrected chi connectivity index (χ0v) is 18.2. The number of hydrogen-bond donors (Lipinski definition) is 3. The number of aromatic nitrogens is 2. The highest BCUT2D eigenvalue weighted by Gasteiger charge is 2.34. The molecular weight excluding hydrogens is 385 g/mol. The van der Waals surface area contributed by atoms with Gasteiger partial charge in [-0.3, -0.25) is 9.59 Å². The quantitative estimate of drug-likeness (QED) is 0.716. The molecular formula is C22H30FN5O2. The van der Waals surface area contributed by atoms with E-state index in [1.807, 2.05) is 38.3 Å². The van der Waals surface area contributed by atoms with E-state index in [0.29, 0.717) is 30.2 Å². The molecule has 0 unspecified atom stereocenters. The largest absolute Gasteiger partial charge is 0.357 e. The molecule has 0 spiro atoms. The van der Waals surface area contributed by atoms with E-state index in [9.17, 15) is 14.0 Å². The Hall–Kier alpha value is -2.74. The van der Waals surface area contributed by atoms with E-state index in [4.69, 9.17) is 0 Å². The lowest BCUT2D eigenvalue weighted by atomic mass is 9.86. The normalized spacial score (nSPS) is 15.1. The van der Waals surface area contributed by atoms with Gasteiger partial charge in [-0.1, -0.05) is 26.8 Å². The highest BCUT2D eigenvalue weighted by Crippen LogP contribution is 2.28. The van der Waals surface area contributed by atoms with Crippen LogP contribution in [-0.4, -0.2) is 41.0 Å². The molecule has 0 bridgehead atoms. The first kappa shape index (κ1) is 22.0. The summed E-state index contributed by atoms with van der Waals surface area (Å²) in [6.07, 6.45) is 0.841. The van der Waals surface area contributed by atoms with Crippen LogP contribution in [0.25, 0.3) is 11.4 Å². The molecule has 1 aliphatic heterocycles. The van der Waals surface area contributed by atoms with Crippen LogP contribution < -0.4 is 16.0 Å². The first-order valence-electron chi connectivity index (χ1n) is 10.2. The lowest BCUT2D eigenvalue weighted by molar-refractivity contribution is -0.124. The third-order valence-electron chi connectivity index (χ3n) is 5.33. The van der Waals surface area contributed by atoms with Gasteiger partial charge in [0, 0.05) is 20.1 Å². The van der Waals surface area contributed by atoms with Gasteiger partial charge in [-0.25, -0.2) is 9.37 Å². The topological polar surface area (TPSA) is 88.1 Å². The third-order valence-corrected chi connectivity index (χ3v) is 5.33. The van der Waals surface area contributed by atoms with E-state index in [-0.39, 0.29) is 17.4 Å². The van der Waals surface area contributed by atoms with Crippen molar-refractivity contribution in [1.82, 2.24) is 25.5 Å². The predicted octanol–water partition coefficient (Wildman–Crippen LogP) is 2.38. The van der Waals surface area contributed by atoms with Crippen molar-refractivity contribution in [1.29, 1.82) is 0 Å². The summed E-state index contributed by atoms with van der Waals surface area (Å²) in [4.78, 5) is 30.1. The fraction of sp³-hybridized carbons (Fsp3) is 0.500. The maximum absolute atomic E-state index is 14.7. The van der Waals surface area contributed by atoms with E-state index in [2.05, 4.69) is 20.9 Å². The number of halogens is 1. The zero-order valence-electron chi connectivity index (χ0n) is 18.2. The van der Waals surface area contributed by atoms with E-state index < -0.39 is 17.4 Å². The van der Waals surface area contributed by atoms with Crippen LogP contribution in [-0.2, 0) is 17.9 Å². The standard InChI is InChI=1S/C22H30FN5O2/c1-13-7-8-14(15(23)11-13)19-26-17(16-12-25-9-6-10-28(16)19)20(29)27-18(21(30)24-5)22(2,3)4/h7-8,11,18,25H,6,9-10,12H2,1-5H3,(H,24,30)(H,27,29)/t18-/m1/s1. The minimum atomic E-state index is -0.731. The third kappa shape index (κ3) is 4.38. The van der Waals surface area contributed by atoms with Crippen LogP contribution in [0, 0.1) is 18.2 Å². The molecule has 0 aliphatic carbocycles. The highest BCUT2D eigenvalue weighted by molar-refractivity contribution is 5.97. The van der Waals surface area contributed by atoms with Gasteiger partial charge in [0.05, 0.1) is 11.3 Å². The van der Waals surface area contributed by atoms with Crippen molar-refractivity contribution >= 4 is 11.8 Å². The van der Waals surface area contributed by atoms with Crippen LogP contribution in [0.15, 0.2) is 18.2 Å². The molecule has 1 aliphatic rings. The van der Waals surface area contributed by atoms with Gasteiger partial charge in [0.2, 0.25) is 5.91 Å². The Morgan fingerprint density at radius 2 is 2.03 bits per heavy atom. The number of aryl methyl sites for hydroxylation is 1. The number of rotatable bonds is 4. The van der Waals surface area contributed by atoms with Crippen LogP contribution in [0.4, 0.5) is 4.39 Å². The molecule has 8 heteroatoms. The number of benzene rings is 1. The number of hydrogen-bond acceptors (Lipinski definition) is 4. The molecule has 1 aromatic carbocycles. The van der Waals surface area contributed by atoms with Gasteiger partial charge in [-0.05, 0) is 43.0 Å². The minimum absolute atomic E-state index is 0.220. The first-order chi connectivity index (χ1) is 14.1. The second-order valence-electron chi connectivity index (χ2n) is 8.78. The summed E-state index contributed by atoms with van der Waals surface area (Å²) in [5, 5.41) is 8.73. The number of likely N-dealkylation sites (N-methyl/N-ethyl adjacent to an activating group) is 1. The summed E-state index contributed by atoms with van der Waals surface area (Å²) in [5.74, 6) is -0.651. The van der Waals surface area contributed by atoms with Gasteiger partial charge < -0.3 is 20.5 Å². The second kappa shape index (κ2) is 8.55. The van der Waals surface area contributed by atoms with Crippen molar-refractivity contribution in [2.24, 2.45) is 5.41 Å². The average Bonchev–Trinajstić information content (AvgIpc) is 2.85. The Labute approximate surface area is 176 Å². The van der Waals surface area contributed by atoms with Gasteiger partial charge in [0.25, 0.3) is 5.91 Å². The lowest BCUT2D eigenvalue weighted by Gasteiger charge is -2.29. The summed E-state index contributed by atoms with van der Waals surface area (Å²) < 4.78 is 16.6. The van der Waals surface area contributed by atoms with E-state index >= 15 is 0 Å². The van der Waals surface area contributed by atoms with Crippen molar-refractivity contribution in [3.8, 4) is 11.4 Å². The fourth-order valence-corrected chi connectivity index (χ4v) is 3.68. The smallest absolute Gasteiger partial charge is 0.272 e. The Morgan fingerprint density at radius 3 is 2.67 bits per heavy atom. The summed E-state index contributed by atoms with van der Waals surface area (Å²) in [6.45, 7) is 9.35. The molecule has 2 heterocycles. The molecule has 0 radical (unpaired) electrons. The first-order valence-corrected chi connectivity index (χ1v) is 10.2. The van der Waals surface area contributed by atoms with E-state index in [0.717, 1.165) is 18.5 Å². The van der Waals surface area contributed by atoms with Crippen molar-refractivity contribution in [3.63, 3.8) is 0 Å². The number of nitrogens with zero attached hydrogens (tertiary/aromatic N) is 2. The van der Waals surface area contributed by atoms with Crippen LogP contribution in [0.5, 0.6) is 0 Å².